The Labute approximate surface area is 504 Å². The average Bonchev–Trinajstić information content (AvgIpc) is 1.52. The topological polar surface area (TPSA) is 52.9 Å². The predicted octanol–water partition coefficient (Wildman–Crippen LogP) is 21.4. The molecular weight excluding hydrogens is 1060 g/mol. The number of hydrogen-bond donors (Lipinski definition) is 0. The van der Waals surface area contributed by atoms with Gasteiger partial charge in [0.2, 0.25) is 5.69 Å². The summed E-state index contributed by atoms with van der Waals surface area (Å²) in [4.78, 5) is 19.6. The van der Waals surface area contributed by atoms with Gasteiger partial charge in [-0.15, -0.1) is 22.7 Å². The minimum atomic E-state index is -0.670. The third-order valence-corrected chi connectivity index (χ3v) is 18.4. The molecule has 0 atom stereocenters. The first-order valence-electron chi connectivity index (χ1n) is 32.2. The molecular formula is C76H44N6S2. The van der Waals surface area contributed by atoms with Crippen LogP contribution in [0.3, 0.4) is 0 Å². The van der Waals surface area contributed by atoms with Crippen molar-refractivity contribution in [2.75, 3.05) is 0 Å². The smallest absolute Gasteiger partial charge is 0.212 e. The SMILES string of the molecule is [2H]c1c([2H])c([2H])c(-c2nc(-c3cc([N+]#[C-])c(-n4c5ccc(-c6ccccc6)cc5c5c6sc7ccccc7c6ccc54)c(-c4ccccc4)c3-n3c4ccc(-c5ccccc5)cc4c4c5sc6ccccc6c5ccc43)nc(-c3c([2H])c([2H])c([2H])c([2H])c3[2H])n2)c([2H])c1[2H]. The van der Waals surface area contributed by atoms with E-state index in [2.05, 4.69) is 135 Å². The van der Waals surface area contributed by atoms with Crippen molar-refractivity contribution in [3.05, 3.63) is 278 Å². The molecule has 17 rings (SSSR count). The predicted molar refractivity (Wildman–Crippen MR) is 353 cm³/mol. The first-order valence-corrected chi connectivity index (χ1v) is 28.8. The zero-order valence-corrected chi connectivity index (χ0v) is 45.8. The number of hydrogen-bond acceptors (Lipinski definition) is 5. The van der Waals surface area contributed by atoms with Gasteiger partial charge in [-0.05, 0) is 82.4 Å². The Balaban J connectivity index is 1.11. The lowest BCUT2D eigenvalue weighted by Gasteiger charge is -2.24. The second-order valence-corrected chi connectivity index (χ2v) is 22.6. The first-order chi connectivity index (χ1) is 45.8. The van der Waals surface area contributed by atoms with Crippen molar-refractivity contribution in [2.45, 2.75) is 0 Å². The normalized spacial score (nSPS) is 13.5. The highest BCUT2D eigenvalue weighted by Crippen LogP contribution is 2.53. The monoisotopic (exact) mass is 1110 g/mol. The third kappa shape index (κ3) is 7.43. The van der Waals surface area contributed by atoms with Crippen LogP contribution >= 0.6 is 22.7 Å². The zero-order chi connectivity index (χ0) is 64.1. The van der Waals surface area contributed by atoms with Crippen LogP contribution in [0.5, 0.6) is 0 Å². The van der Waals surface area contributed by atoms with Gasteiger partial charge in [0.05, 0.1) is 53.7 Å². The molecule has 17 aromatic rings. The van der Waals surface area contributed by atoms with Crippen molar-refractivity contribution >= 4 is 112 Å². The molecule has 84 heavy (non-hydrogen) atoms. The number of fused-ring (bicyclic) bond motifs is 14. The summed E-state index contributed by atoms with van der Waals surface area (Å²) >= 11 is 3.41. The minimum absolute atomic E-state index is 0.146. The summed E-state index contributed by atoms with van der Waals surface area (Å²) < 4.78 is 98.8. The molecule has 5 heterocycles. The second-order valence-electron chi connectivity index (χ2n) is 20.5. The molecule has 0 saturated carbocycles. The van der Waals surface area contributed by atoms with Gasteiger partial charge in [-0.3, -0.25) is 0 Å². The highest BCUT2D eigenvalue weighted by molar-refractivity contribution is 7.27. The molecule has 0 unspecified atom stereocenters. The van der Waals surface area contributed by atoms with Gasteiger partial charge in [-0.2, -0.15) is 0 Å². The third-order valence-electron chi connectivity index (χ3n) is 16.0. The fourth-order valence-electron chi connectivity index (χ4n) is 12.4. The number of thiophene rings is 2. The molecule has 12 aromatic carbocycles. The Morgan fingerprint density at radius 3 is 1.27 bits per heavy atom. The molecule has 390 valence electrons. The maximum atomic E-state index is 9.57. The van der Waals surface area contributed by atoms with Crippen molar-refractivity contribution in [1.82, 2.24) is 24.1 Å². The molecule has 0 bridgehead atoms. The number of aromatic nitrogens is 5. The molecule has 0 N–H and O–H groups in total. The highest BCUT2D eigenvalue weighted by Gasteiger charge is 2.31. The van der Waals surface area contributed by atoms with Crippen LogP contribution in [0, 0.1) is 6.57 Å². The van der Waals surface area contributed by atoms with Crippen LogP contribution in [0.4, 0.5) is 5.69 Å². The Hall–Kier alpha value is -10.8. The highest BCUT2D eigenvalue weighted by atomic mass is 32.1. The van der Waals surface area contributed by atoms with E-state index in [1.807, 2.05) is 78.9 Å². The van der Waals surface area contributed by atoms with Gasteiger partial charge < -0.3 is 9.13 Å². The van der Waals surface area contributed by atoms with Gasteiger partial charge in [0.1, 0.15) is 0 Å². The molecule has 0 amide bonds. The maximum Gasteiger partial charge on any atom is 0.212 e. The maximum absolute atomic E-state index is 9.57. The largest absolute Gasteiger partial charge is 0.318 e. The zero-order valence-electron chi connectivity index (χ0n) is 54.1. The lowest BCUT2D eigenvalue weighted by molar-refractivity contribution is 1.06. The average molecular weight is 1120 g/mol. The van der Waals surface area contributed by atoms with Crippen molar-refractivity contribution in [2.24, 2.45) is 0 Å². The lowest BCUT2D eigenvalue weighted by Crippen LogP contribution is -2.08. The molecule has 0 aliphatic rings. The van der Waals surface area contributed by atoms with Crippen LogP contribution in [0.2, 0.25) is 0 Å². The van der Waals surface area contributed by atoms with E-state index in [9.17, 15) is 12.1 Å². The Bertz CT molecular complexity index is 6050. The Morgan fingerprint density at radius 2 is 0.786 bits per heavy atom. The van der Waals surface area contributed by atoms with Gasteiger partial charge >= 0.3 is 0 Å². The van der Waals surface area contributed by atoms with E-state index in [1.165, 1.54) is 0 Å². The van der Waals surface area contributed by atoms with Crippen molar-refractivity contribution in [1.29, 1.82) is 0 Å². The van der Waals surface area contributed by atoms with Crippen LogP contribution < -0.4 is 0 Å². The van der Waals surface area contributed by atoms with Crippen LogP contribution in [0.25, 0.3) is 168 Å². The molecule has 0 spiro atoms. The molecule has 8 heteroatoms. The van der Waals surface area contributed by atoms with E-state index in [0.29, 0.717) is 22.5 Å². The molecule has 0 aliphatic carbocycles. The standard InChI is InChI=1S/C76H44N6S2/c1-77-60-45-59(76-79-74(49-27-13-5-14-28-49)78-75(80-76)50-29-15-6-16-30-50)70(81-61-39-35-51(46-21-7-2-8-22-46)43-57(61)68-63(81)41-37-55-53-31-17-19-33-65(53)83-72(55)68)67(48-25-11-4-12-26-48)71(60)82-62-40-36-52(47-23-9-3-10-24-47)44-58(62)69-64(82)42-38-56-54-32-18-20-34-66(54)84-73(56)69/h2-45H/i5D,6D,13D,14D,15D,16D,27D,28D,29D,30D. The molecule has 0 fully saturated rings. The van der Waals surface area contributed by atoms with Gasteiger partial charge in [-0.25, -0.2) is 19.8 Å². The van der Waals surface area contributed by atoms with Crippen molar-refractivity contribution in [3.63, 3.8) is 0 Å². The molecule has 0 aliphatic heterocycles. The number of benzene rings is 12. The van der Waals surface area contributed by atoms with E-state index in [0.717, 1.165) is 106 Å². The minimum Gasteiger partial charge on any atom is -0.318 e. The fourth-order valence-corrected chi connectivity index (χ4v) is 14.9. The van der Waals surface area contributed by atoms with Gasteiger partial charge in [0.15, 0.2) is 17.5 Å². The second kappa shape index (κ2) is 19.2. The summed E-state index contributed by atoms with van der Waals surface area (Å²) in [6.07, 6.45) is 0. The quantitative estimate of drug-likeness (QED) is 0.143. The summed E-state index contributed by atoms with van der Waals surface area (Å²) in [5, 5.41) is 8.17. The Kier molecular flexibility index (Phi) is 8.84. The molecule has 6 nitrogen and oxygen atoms in total. The summed E-state index contributed by atoms with van der Waals surface area (Å²) in [6, 6.07) is 63.6. The van der Waals surface area contributed by atoms with Crippen molar-refractivity contribution in [3.8, 4) is 78.9 Å². The molecule has 5 aromatic heterocycles. The van der Waals surface area contributed by atoms with E-state index in [-0.39, 0.29) is 17.1 Å². The number of nitrogens with zero attached hydrogens (tertiary/aromatic N) is 6. The molecule has 0 radical (unpaired) electrons. The fraction of sp³-hybridized carbons (Fsp3) is 0. The Morgan fingerprint density at radius 1 is 0.357 bits per heavy atom. The summed E-state index contributed by atoms with van der Waals surface area (Å²) in [5.74, 6) is -1.06. The lowest BCUT2D eigenvalue weighted by atomic mass is 9.94. The van der Waals surface area contributed by atoms with E-state index >= 15 is 0 Å². The van der Waals surface area contributed by atoms with Gasteiger partial charge in [0, 0.05) is 84.1 Å². The number of rotatable bonds is 8. The van der Waals surface area contributed by atoms with Crippen LogP contribution in [0.1, 0.15) is 13.7 Å². The van der Waals surface area contributed by atoms with E-state index < -0.39 is 83.2 Å². The van der Waals surface area contributed by atoms with Gasteiger partial charge in [-0.1, -0.05) is 212 Å². The van der Waals surface area contributed by atoms with Crippen molar-refractivity contribution < 1.29 is 13.7 Å². The first kappa shape index (κ1) is 38.8. The molecule has 0 saturated heterocycles. The summed E-state index contributed by atoms with van der Waals surface area (Å²) in [6.45, 7) is 9.57. The summed E-state index contributed by atoms with van der Waals surface area (Å²) in [5.41, 5.74) is 8.91. The van der Waals surface area contributed by atoms with E-state index in [1.54, 1.807) is 28.7 Å². The van der Waals surface area contributed by atoms with Crippen LogP contribution in [0.15, 0.2) is 267 Å². The summed E-state index contributed by atoms with van der Waals surface area (Å²) in [7, 11) is 0. The van der Waals surface area contributed by atoms with E-state index in [4.69, 9.17) is 23.2 Å². The van der Waals surface area contributed by atoms with Gasteiger partial charge in [0.25, 0.3) is 0 Å². The van der Waals surface area contributed by atoms with Crippen LogP contribution in [-0.2, 0) is 0 Å². The van der Waals surface area contributed by atoms with Crippen LogP contribution in [-0.4, -0.2) is 24.1 Å².